The third kappa shape index (κ3) is 2.98. The molecule has 0 aromatic heterocycles. The van der Waals surface area contributed by atoms with E-state index in [1.54, 1.807) is 0 Å². The van der Waals surface area contributed by atoms with Crippen LogP contribution in [0.15, 0.2) is 0 Å². The molecule has 2 saturated carbocycles. The first-order chi connectivity index (χ1) is 6.86. The standard InChI is InChI=1S/C13H23Br/c14-13-9-5-4-8-12(13)10-11-6-2-1-3-7-11/h11-13H,1-10H2. The quantitative estimate of drug-likeness (QED) is 0.618. The summed E-state index contributed by atoms with van der Waals surface area (Å²) < 4.78 is 0. The van der Waals surface area contributed by atoms with Crippen LogP contribution in [0.2, 0.25) is 0 Å². The molecule has 0 radical (unpaired) electrons. The van der Waals surface area contributed by atoms with Crippen molar-refractivity contribution >= 4 is 15.9 Å². The van der Waals surface area contributed by atoms with E-state index >= 15 is 0 Å². The third-order valence-corrected chi connectivity index (χ3v) is 5.38. The van der Waals surface area contributed by atoms with Crippen molar-refractivity contribution in [3.05, 3.63) is 0 Å². The van der Waals surface area contributed by atoms with E-state index in [1.165, 1.54) is 64.2 Å². The van der Waals surface area contributed by atoms with Gasteiger partial charge in [0.15, 0.2) is 0 Å². The van der Waals surface area contributed by atoms with Crippen molar-refractivity contribution < 1.29 is 0 Å². The number of halogens is 1. The van der Waals surface area contributed by atoms with E-state index in [0.29, 0.717) is 0 Å². The minimum Gasteiger partial charge on any atom is -0.0888 e. The van der Waals surface area contributed by atoms with Crippen LogP contribution in [0.3, 0.4) is 0 Å². The highest BCUT2D eigenvalue weighted by Crippen LogP contribution is 2.37. The maximum Gasteiger partial charge on any atom is 0.0174 e. The molecule has 0 N–H and O–H groups in total. The molecule has 0 bridgehead atoms. The van der Waals surface area contributed by atoms with E-state index in [0.717, 1.165) is 16.7 Å². The van der Waals surface area contributed by atoms with E-state index < -0.39 is 0 Å². The van der Waals surface area contributed by atoms with Gasteiger partial charge in [-0.05, 0) is 31.1 Å². The third-order valence-electron chi connectivity index (χ3n) is 4.18. The number of hydrogen-bond acceptors (Lipinski definition) is 0. The molecule has 2 rings (SSSR count). The zero-order valence-corrected chi connectivity index (χ0v) is 10.8. The van der Waals surface area contributed by atoms with Gasteiger partial charge >= 0.3 is 0 Å². The van der Waals surface area contributed by atoms with Crippen LogP contribution >= 0.6 is 15.9 Å². The Hall–Kier alpha value is 0.480. The minimum absolute atomic E-state index is 0.846. The first-order valence-electron chi connectivity index (χ1n) is 6.50. The molecular formula is C13H23Br. The fourth-order valence-corrected chi connectivity index (χ4v) is 4.08. The van der Waals surface area contributed by atoms with Gasteiger partial charge in [0.1, 0.15) is 0 Å². The van der Waals surface area contributed by atoms with Crippen molar-refractivity contribution in [3.63, 3.8) is 0 Å². The molecule has 0 saturated heterocycles. The van der Waals surface area contributed by atoms with Gasteiger partial charge in [-0.25, -0.2) is 0 Å². The Morgan fingerprint density at radius 1 is 0.786 bits per heavy atom. The lowest BCUT2D eigenvalue weighted by Crippen LogP contribution is -2.23. The molecule has 0 aromatic rings. The lowest BCUT2D eigenvalue weighted by atomic mass is 9.78. The normalized spacial score (nSPS) is 35.8. The smallest absolute Gasteiger partial charge is 0.0174 e. The molecular weight excluding hydrogens is 236 g/mol. The molecule has 0 spiro atoms. The zero-order chi connectivity index (χ0) is 9.80. The summed E-state index contributed by atoms with van der Waals surface area (Å²) in [5.74, 6) is 2.08. The second-order valence-electron chi connectivity index (χ2n) is 5.30. The first-order valence-corrected chi connectivity index (χ1v) is 7.42. The van der Waals surface area contributed by atoms with Gasteiger partial charge in [-0.15, -0.1) is 0 Å². The molecule has 0 aliphatic heterocycles. The second kappa shape index (κ2) is 5.53. The van der Waals surface area contributed by atoms with Gasteiger partial charge < -0.3 is 0 Å². The zero-order valence-electron chi connectivity index (χ0n) is 9.18. The van der Waals surface area contributed by atoms with E-state index in [1.807, 2.05) is 0 Å². The maximum absolute atomic E-state index is 3.88. The SMILES string of the molecule is BrC1CCCCC1CC1CCCCC1. The summed E-state index contributed by atoms with van der Waals surface area (Å²) in [4.78, 5) is 0.846. The highest BCUT2D eigenvalue weighted by Gasteiger charge is 2.26. The molecule has 0 aromatic carbocycles. The lowest BCUT2D eigenvalue weighted by molar-refractivity contribution is 0.252. The average Bonchev–Trinajstić information content (AvgIpc) is 2.23. The van der Waals surface area contributed by atoms with Crippen molar-refractivity contribution in [3.8, 4) is 0 Å². The molecule has 1 heteroatoms. The van der Waals surface area contributed by atoms with Gasteiger partial charge in [-0.3, -0.25) is 0 Å². The Morgan fingerprint density at radius 3 is 2.14 bits per heavy atom. The Morgan fingerprint density at radius 2 is 1.43 bits per heavy atom. The second-order valence-corrected chi connectivity index (χ2v) is 6.48. The summed E-state index contributed by atoms with van der Waals surface area (Å²) in [6.07, 6.45) is 14.9. The minimum atomic E-state index is 0.846. The molecule has 2 fully saturated rings. The molecule has 0 nitrogen and oxygen atoms in total. The van der Waals surface area contributed by atoms with Crippen LogP contribution in [0.5, 0.6) is 0 Å². The van der Waals surface area contributed by atoms with E-state index in [4.69, 9.17) is 0 Å². The van der Waals surface area contributed by atoms with Crippen molar-refractivity contribution in [2.24, 2.45) is 11.8 Å². The van der Waals surface area contributed by atoms with Crippen molar-refractivity contribution in [2.45, 2.75) is 69.0 Å². The van der Waals surface area contributed by atoms with Crippen LogP contribution in [0, 0.1) is 11.8 Å². The summed E-state index contributed by atoms with van der Waals surface area (Å²) in [6, 6.07) is 0. The van der Waals surface area contributed by atoms with Gasteiger partial charge in [0, 0.05) is 4.83 Å². The number of hydrogen-bond donors (Lipinski definition) is 0. The van der Waals surface area contributed by atoms with Crippen molar-refractivity contribution in [2.75, 3.05) is 0 Å². The molecule has 2 unspecified atom stereocenters. The summed E-state index contributed by atoms with van der Waals surface area (Å²) >= 11 is 3.88. The average molecular weight is 259 g/mol. The van der Waals surface area contributed by atoms with Crippen molar-refractivity contribution in [1.29, 1.82) is 0 Å². The number of alkyl halides is 1. The van der Waals surface area contributed by atoms with Gasteiger partial charge in [-0.1, -0.05) is 60.9 Å². The van der Waals surface area contributed by atoms with Crippen LogP contribution in [-0.4, -0.2) is 4.83 Å². The van der Waals surface area contributed by atoms with E-state index in [9.17, 15) is 0 Å². The van der Waals surface area contributed by atoms with Crippen LogP contribution in [0.25, 0.3) is 0 Å². The van der Waals surface area contributed by atoms with E-state index in [2.05, 4.69) is 15.9 Å². The summed E-state index contributed by atoms with van der Waals surface area (Å²) in [5, 5.41) is 0. The Labute approximate surface area is 97.0 Å². The largest absolute Gasteiger partial charge is 0.0888 e. The van der Waals surface area contributed by atoms with Gasteiger partial charge in [-0.2, -0.15) is 0 Å². The topological polar surface area (TPSA) is 0 Å². The summed E-state index contributed by atoms with van der Waals surface area (Å²) in [7, 11) is 0. The van der Waals surface area contributed by atoms with Crippen LogP contribution in [-0.2, 0) is 0 Å². The number of rotatable bonds is 2. The summed E-state index contributed by atoms with van der Waals surface area (Å²) in [5.41, 5.74) is 0. The highest BCUT2D eigenvalue weighted by atomic mass is 79.9. The highest BCUT2D eigenvalue weighted by molar-refractivity contribution is 9.09. The molecule has 2 atom stereocenters. The Kier molecular flexibility index (Phi) is 4.34. The monoisotopic (exact) mass is 258 g/mol. The van der Waals surface area contributed by atoms with Gasteiger partial charge in [0.2, 0.25) is 0 Å². The predicted molar refractivity (Wildman–Crippen MR) is 65.9 cm³/mol. The first kappa shape index (κ1) is 11.0. The van der Waals surface area contributed by atoms with Crippen LogP contribution in [0.4, 0.5) is 0 Å². The van der Waals surface area contributed by atoms with Crippen LogP contribution in [0.1, 0.15) is 64.2 Å². The van der Waals surface area contributed by atoms with Crippen LogP contribution < -0.4 is 0 Å². The van der Waals surface area contributed by atoms with Gasteiger partial charge in [0.05, 0.1) is 0 Å². The fourth-order valence-electron chi connectivity index (χ4n) is 3.28. The predicted octanol–water partition coefficient (Wildman–Crippen LogP) is 4.91. The maximum atomic E-state index is 3.88. The molecule has 0 heterocycles. The molecule has 0 amide bonds. The summed E-state index contributed by atoms with van der Waals surface area (Å²) in [6.45, 7) is 0. The molecule has 2 aliphatic rings. The molecule has 2 aliphatic carbocycles. The van der Waals surface area contributed by atoms with E-state index in [-0.39, 0.29) is 0 Å². The lowest BCUT2D eigenvalue weighted by Gasteiger charge is -2.32. The Balaban J connectivity index is 1.76. The van der Waals surface area contributed by atoms with Crippen molar-refractivity contribution in [1.82, 2.24) is 0 Å². The fraction of sp³-hybridized carbons (Fsp3) is 1.00. The van der Waals surface area contributed by atoms with Gasteiger partial charge in [0.25, 0.3) is 0 Å². The molecule has 14 heavy (non-hydrogen) atoms. The molecule has 82 valence electrons. The Bertz CT molecular complexity index is 161.